The Balaban J connectivity index is 1.92. The van der Waals surface area contributed by atoms with Gasteiger partial charge in [-0.05, 0) is 0 Å². The molecule has 2 atom stereocenters. The molecule has 1 saturated heterocycles. The van der Waals surface area contributed by atoms with Crippen molar-refractivity contribution in [1.29, 1.82) is 0 Å². The second-order valence-electron chi connectivity index (χ2n) is 10.4. The normalized spacial score (nSPS) is 21.6. The summed E-state index contributed by atoms with van der Waals surface area (Å²) in [5, 5.41) is 0. The van der Waals surface area contributed by atoms with Gasteiger partial charge in [0.2, 0.25) is 0 Å². The van der Waals surface area contributed by atoms with E-state index in [0.29, 0.717) is 15.8 Å². The number of hydrogen-bond donors (Lipinski definition) is 0. The minimum atomic E-state index is -2.52. The Morgan fingerprint density at radius 2 is 1.37 bits per heavy atom. The van der Waals surface area contributed by atoms with Crippen LogP contribution in [0.1, 0.15) is 39.4 Å². The summed E-state index contributed by atoms with van der Waals surface area (Å²) in [5.74, 6) is 5.19. The zero-order chi connectivity index (χ0) is 21.9. The molecule has 0 radical (unpaired) electrons. The maximum absolute atomic E-state index is 6.96. The van der Waals surface area contributed by atoms with Gasteiger partial charge in [-0.1, -0.05) is 0 Å². The van der Waals surface area contributed by atoms with Gasteiger partial charge < -0.3 is 0 Å². The Labute approximate surface area is 190 Å². The number of rotatable bonds is 6. The Morgan fingerprint density at radius 1 is 0.833 bits per heavy atom. The molecule has 1 aliphatic heterocycles. The topological polar surface area (TPSA) is 9.23 Å². The van der Waals surface area contributed by atoms with E-state index < -0.39 is 26.7 Å². The van der Waals surface area contributed by atoms with Crippen molar-refractivity contribution >= 4 is 26.7 Å². The van der Waals surface area contributed by atoms with Gasteiger partial charge in [0, 0.05) is 0 Å². The fourth-order valence-corrected chi connectivity index (χ4v) is 17.9. The summed E-state index contributed by atoms with van der Waals surface area (Å²) in [6.45, 7) is 16.4. The van der Waals surface area contributed by atoms with E-state index in [2.05, 4.69) is 113 Å². The standard InChI is InChI=1S/C27H38OSiTe/c1-21(2)19-30(20-22(3)4)26(17-18-29(5,6)7)27(28-30)25-15-13-24(14-16-25)23-11-9-8-10-12-23/h8-16,21-22,26-27H,19-20H2,1-7H3/t26-,27-/m0/s1. The average Bonchev–Trinajstić information content (AvgIpc) is 2.65. The first-order valence-corrected chi connectivity index (χ1v) is 20.3. The van der Waals surface area contributed by atoms with Gasteiger partial charge in [0.1, 0.15) is 0 Å². The second-order valence-corrected chi connectivity index (χ2v) is 24.0. The van der Waals surface area contributed by atoms with E-state index in [-0.39, 0.29) is 6.10 Å². The van der Waals surface area contributed by atoms with Gasteiger partial charge in [0.05, 0.1) is 0 Å². The molecule has 1 heterocycles. The van der Waals surface area contributed by atoms with Crippen LogP contribution in [0.15, 0.2) is 54.6 Å². The van der Waals surface area contributed by atoms with Crippen LogP contribution in [-0.2, 0) is 3.10 Å². The first-order chi connectivity index (χ1) is 14.1. The van der Waals surface area contributed by atoms with Crippen molar-refractivity contribution in [3.63, 3.8) is 0 Å². The SMILES string of the molecule is CC(C)C[Te]1(CC(C)C)O[C@@H](c2ccc(-c3ccccc3)cc2)[C@@H]1C#C[Si](C)(C)C. The molecule has 0 unspecified atom stereocenters. The van der Waals surface area contributed by atoms with E-state index >= 15 is 0 Å². The molecule has 1 fully saturated rings. The summed E-state index contributed by atoms with van der Waals surface area (Å²) in [4.78, 5) is 0. The molecule has 0 spiro atoms. The Hall–Kier alpha value is -1.03. The monoisotopic (exact) mass is 536 g/mol. The van der Waals surface area contributed by atoms with Gasteiger partial charge in [0.25, 0.3) is 0 Å². The Kier molecular flexibility index (Phi) is 7.58. The van der Waals surface area contributed by atoms with Crippen molar-refractivity contribution in [2.75, 3.05) is 0 Å². The molecule has 2 aromatic rings. The van der Waals surface area contributed by atoms with Crippen LogP contribution in [0.5, 0.6) is 0 Å². The van der Waals surface area contributed by atoms with E-state index in [1.165, 1.54) is 25.6 Å². The summed E-state index contributed by atoms with van der Waals surface area (Å²) in [5.41, 5.74) is 7.55. The van der Waals surface area contributed by atoms with E-state index in [0.717, 1.165) is 0 Å². The molecule has 0 saturated carbocycles. The van der Waals surface area contributed by atoms with Crippen LogP contribution in [-0.4, -0.2) is 26.7 Å². The fourth-order valence-electron chi connectivity index (χ4n) is 4.17. The van der Waals surface area contributed by atoms with E-state index in [1.54, 1.807) is 0 Å². The average molecular weight is 534 g/mol. The molecule has 162 valence electrons. The maximum atomic E-state index is 6.96. The molecule has 3 rings (SSSR count). The van der Waals surface area contributed by atoms with E-state index in [9.17, 15) is 0 Å². The molecule has 0 aliphatic carbocycles. The van der Waals surface area contributed by atoms with E-state index in [4.69, 9.17) is 3.10 Å². The van der Waals surface area contributed by atoms with Crippen LogP contribution in [0.25, 0.3) is 11.1 Å². The van der Waals surface area contributed by atoms with Crippen LogP contribution in [0.4, 0.5) is 0 Å². The van der Waals surface area contributed by atoms with Crippen LogP contribution in [0, 0.1) is 23.3 Å². The quantitative estimate of drug-likeness (QED) is 0.270. The van der Waals surface area contributed by atoms with Crippen LogP contribution < -0.4 is 0 Å². The molecular formula is C27H38OSiTe. The van der Waals surface area contributed by atoms with Crippen molar-refractivity contribution in [2.24, 2.45) is 11.8 Å². The second kappa shape index (κ2) is 9.63. The first kappa shape index (κ1) is 23.6. The summed E-state index contributed by atoms with van der Waals surface area (Å²) in [6, 6.07) is 19.6. The van der Waals surface area contributed by atoms with Crippen molar-refractivity contribution in [3.05, 3.63) is 60.2 Å². The Bertz CT molecular complexity index is 874. The molecule has 1 aliphatic rings. The van der Waals surface area contributed by atoms with Gasteiger partial charge in [-0.2, -0.15) is 0 Å². The molecule has 0 bridgehead atoms. The number of hydrogen-bond acceptors (Lipinski definition) is 1. The molecule has 30 heavy (non-hydrogen) atoms. The Morgan fingerprint density at radius 3 is 1.87 bits per heavy atom. The molecular weight excluding hydrogens is 496 g/mol. The zero-order valence-corrected chi connectivity index (χ0v) is 23.1. The fraction of sp³-hybridized carbons (Fsp3) is 0.481. The molecule has 3 heteroatoms. The van der Waals surface area contributed by atoms with Gasteiger partial charge in [0.15, 0.2) is 0 Å². The van der Waals surface area contributed by atoms with Crippen molar-refractivity contribution < 1.29 is 3.10 Å². The predicted molar refractivity (Wildman–Crippen MR) is 136 cm³/mol. The third kappa shape index (κ3) is 5.80. The third-order valence-corrected chi connectivity index (χ3v) is 18.5. The van der Waals surface area contributed by atoms with Crippen LogP contribution in [0.3, 0.4) is 0 Å². The van der Waals surface area contributed by atoms with Gasteiger partial charge in [-0.15, -0.1) is 0 Å². The van der Waals surface area contributed by atoms with Crippen molar-refractivity contribution in [1.82, 2.24) is 0 Å². The minimum absolute atomic E-state index is 0.164. The summed E-state index contributed by atoms with van der Waals surface area (Å²) in [7, 11) is -1.41. The summed E-state index contributed by atoms with van der Waals surface area (Å²) in [6.07, 6.45) is 0.164. The molecule has 2 aromatic carbocycles. The first-order valence-electron chi connectivity index (χ1n) is 11.2. The van der Waals surface area contributed by atoms with Gasteiger partial charge >= 0.3 is 191 Å². The molecule has 0 amide bonds. The molecule has 1 nitrogen and oxygen atoms in total. The molecule has 0 aromatic heterocycles. The third-order valence-electron chi connectivity index (χ3n) is 5.20. The van der Waals surface area contributed by atoms with Crippen LogP contribution >= 0.6 is 0 Å². The van der Waals surface area contributed by atoms with Crippen molar-refractivity contribution in [2.45, 2.75) is 66.3 Å². The zero-order valence-electron chi connectivity index (χ0n) is 19.7. The predicted octanol–water partition coefficient (Wildman–Crippen LogP) is 7.93. The van der Waals surface area contributed by atoms with Crippen molar-refractivity contribution in [3.8, 4) is 22.6 Å². The van der Waals surface area contributed by atoms with Gasteiger partial charge in [-0.25, -0.2) is 0 Å². The number of benzene rings is 2. The molecule has 0 N–H and O–H groups in total. The summed E-state index contributed by atoms with van der Waals surface area (Å²) >= 11 is -2.52. The van der Waals surface area contributed by atoms with Gasteiger partial charge in [-0.3, -0.25) is 0 Å². The van der Waals surface area contributed by atoms with Crippen LogP contribution in [0.2, 0.25) is 32.5 Å². The summed E-state index contributed by atoms with van der Waals surface area (Å²) < 4.78 is 9.96. The van der Waals surface area contributed by atoms with E-state index in [1.807, 2.05) is 0 Å².